The average Bonchev–Trinajstić information content (AvgIpc) is 3.12. The number of hydrogen-bond acceptors (Lipinski definition) is 8. The van der Waals surface area contributed by atoms with Gasteiger partial charge in [0.25, 0.3) is 17.4 Å². The van der Waals surface area contributed by atoms with Crippen molar-refractivity contribution in [3.8, 4) is 5.75 Å². The van der Waals surface area contributed by atoms with E-state index in [1.165, 1.54) is 29.2 Å². The maximum atomic E-state index is 13.2. The van der Waals surface area contributed by atoms with E-state index in [-0.39, 0.29) is 29.7 Å². The summed E-state index contributed by atoms with van der Waals surface area (Å²) in [7, 11) is 0. The number of nitro benzene ring substituents is 1. The monoisotopic (exact) mass is 495 g/mol. The lowest BCUT2D eigenvalue weighted by Crippen LogP contribution is -2.42. The smallest absolute Gasteiger partial charge is 0.295 e. The molecule has 36 heavy (non-hydrogen) atoms. The zero-order valence-electron chi connectivity index (χ0n) is 20.3. The van der Waals surface area contributed by atoms with E-state index >= 15 is 0 Å². The van der Waals surface area contributed by atoms with Crippen molar-refractivity contribution in [2.45, 2.75) is 26.0 Å². The van der Waals surface area contributed by atoms with Crippen LogP contribution in [0.3, 0.4) is 0 Å². The molecule has 0 saturated carbocycles. The molecule has 0 spiro atoms. The van der Waals surface area contributed by atoms with Gasteiger partial charge in [0.15, 0.2) is 0 Å². The van der Waals surface area contributed by atoms with E-state index in [0.717, 1.165) is 13.1 Å². The van der Waals surface area contributed by atoms with Gasteiger partial charge < -0.3 is 19.5 Å². The van der Waals surface area contributed by atoms with Crippen molar-refractivity contribution in [1.82, 2.24) is 9.80 Å². The lowest BCUT2D eigenvalue weighted by atomic mass is 9.95. The largest absolute Gasteiger partial charge is 0.507 e. The van der Waals surface area contributed by atoms with E-state index in [1.54, 1.807) is 24.3 Å². The Morgan fingerprint density at radius 1 is 1.08 bits per heavy atom. The Morgan fingerprint density at radius 3 is 2.31 bits per heavy atom. The minimum atomic E-state index is -0.876. The molecule has 0 radical (unpaired) electrons. The predicted molar refractivity (Wildman–Crippen MR) is 132 cm³/mol. The van der Waals surface area contributed by atoms with Crippen molar-refractivity contribution in [3.63, 3.8) is 0 Å². The van der Waals surface area contributed by atoms with Crippen LogP contribution in [0.4, 0.5) is 5.69 Å². The van der Waals surface area contributed by atoms with Crippen LogP contribution in [0.1, 0.15) is 31.0 Å². The summed E-state index contributed by atoms with van der Waals surface area (Å²) in [5, 5.41) is 22.3. The van der Waals surface area contributed by atoms with Gasteiger partial charge in [-0.05, 0) is 55.8 Å². The summed E-state index contributed by atoms with van der Waals surface area (Å²) in [6.45, 7) is 7.22. The van der Waals surface area contributed by atoms with E-state index in [1.807, 2.05) is 13.8 Å². The van der Waals surface area contributed by atoms with Crippen LogP contribution in [0.25, 0.3) is 5.76 Å². The quantitative estimate of drug-likeness (QED) is 0.195. The lowest BCUT2D eigenvalue weighted by molar-refractivity contribution is -0.384. The number of hydrogen-bond donors (Lipinski definition) is 1. The van der Waals surface area contributed by atoms with E-state index < -0.39 is 22.7 Å². The number of non-ortho nitro benzene ring substituents is 1. The zero-order chi connectivity index (χ0) is 25.8. The number of amides is 1. The van der Waals surface area contributed by atoms with Gasteiger partial charge in [0.1, 0.15) is 11.5 Å². The van der Waals surface area contributed by atoms with E-state index in [2.05, 4.69) is 4.90 Å². The molecule has 2 fully saturated rings. The van der Waals surface area contributed by atoms with Crippen LogP contribution in [-0.2, 0) is 14.3 Å². The first kappa shape index (κ1) is 25.3. The Labute approximate surface area is 208 Å². The number of carbonyl (C=O) groups excluding carboxylic acids is 2. The number of morpholine rings is 1. The third-order valence-corrected chi connectivity index (χ3v) is 6.22. The number of benzene rings is 2. The Hall–Kier alpha value is -3.76. The van der Waals surface area contributed by atoms with Crippen LogP contribution in [-0.4, -0.2) is 77.0 Å². The van der Waals surface area contributed by atoms with E-state index in [9.17, 15) is 24.8 Å². The zero-order valence-corrected chi connectivity index (χ0v) is 20.3. The molecule has 2 aliphatic heterocycles. The molecular formula is C26H29N3O7. The van der Waals surface area contributed by atoms with Crippen molar-refractivity contribution < 1.29 is 29.1 Å². The maximum Gasteiger partial charge on any atom is 0.295 e. The second kappa shape index (κ2) is 10.9. The number of ether oxygens (including phenoxy) is 2. The number of aliphatic hydroxyl groups is 1. The second-order valence-electron chi connectivity index (χ2n) is 8.99. The molecule has 10 nitrogen and oxygen atoms in total. The summed E-state index contributed by atoms with van der Waals surface area (Å²) in [4.78, 5) is 40.5. The van der Waals surface area contributed by atoms with Gasteiger partial charge in [0.05, 0.1) is 35.9 Å². The second-order valence-corrected chi connectivity index (χ2v) is 8.99. The highest BCUT2D eigenvalue weighted by atomic mass is 16.6. The highest BCUT2D eigenvalue weighted by Gasteiger charge is 2.46. The van der Waals surface area contributed by atoms with Gasteiger partial charge in [-0.25, -0.2) is 0 Å². The molecule has 2 aliphatic rings. The average molecular weight is 496 g/mol. The third-order valence-electron chi connectivity index (χ3n) is 6.22. The number of nitrogens with zero attached hydrogens (tertiary/aromatic N) is 3. The van der Waals surface area contributed by atoms with Gasteiger partial charge in [0.2, 0.25) is 0 Å². The highest BCUT2D eigenvalue weighted by molar-refractivity contribution is 6.46. The van der Waals surface area contributed by atoms with Crippen LogP contribution >= 0.6 is 0 Å². The number of carbonyl (C=O) groups is 2. The van der Waals surface area contributed by atoms with Gasteiger partial charge in [-0.1, -0.05) is 0 Å². The highest BCUT2D eigenvalue weighted by Crippen LogP contribution is 2.40. The molecule has 0 aromatic heterocycles. The molecule has 1 N–H and O–H groups in total. The molecule has 0 bridgehead atoms. The molecule has 4 rings (SSSR count). The summed E-state index contributed by atoms with van der Waals surface area (Å²) in [6.07, 6.45) is -0.0247. The number of Topliss-reactive ketones (excluding diaryl/α,β-unsaturated/α-hetero) is 1. The van der Waals surface area contributed by atoms with E-state index in [4.69, 9.17) is 9.47 Å². The fourth-order valence-electron chi connectivity index (χ4n) is 4.43. The topological polar surface area (TPSA) is 122 Å². The third kappa shape index (κ3) is 5.39. The molecule has 2 saturated heterocycles. The van der Waals surface area contributed by atoms with Crippen LogP contribution < -0.4 is 4.74 Å². The van der Waals surface area contributed by atoms with Crippen LogP contribution in [0.15, 0.2) is 54.1 Å². The van der Waals surface area contributed by atoms with E-state index in [0.29, 0.717) is 36.6 Å². The molecule has 1 atom stereocenters. The summed E-state index contributed by atoms with van der Waals surface area (Å²) < 4.78 is 11.0. The molecule has 2 aromatic carbocycles. The normalized spacial score (nSPS) is 20.2. The fourth-order valence-corrected chi connectivity index (χ4v) is 4.43. The first-order valence-electron chi connectivity index (χ1n) is 11.9. The molecule has 2 aromatic rings. The molecule has 1 amide bonds. The van der Waals surface area contributed by atoms with Gasteiger partial charge in [-0.2, -0.15) is 0 Å². The number of rotatable bonds is 8. The van der Waals surface area contributed by atoms with Gasteiger partial charge in [0, 0.05) is 43.9 Å². The summed E-state index contributed by atoms with van der Waals surface area (Å²) in [5.74, 6) is -1.20. The summed E-state index contributed by atoms with van der Waals surface area (Å²) >= 11 is 0. The summed E-state index contributed by atoms with van der Waals surface area (Å²) in [6, 6.07) is 11.4. The Bertz CT molecular complexity index is 1150. The number of nitro groups is 1. The first-order valence-corrected chi connectivity index (χ1v) is 11.9. The number of aliphatic hydroxyl groups excluding tert-OH is 1. The maximum absolute atomic E-state index is 13.2. The number of ketones is 1. The summed E-state index contributed by atoms with van der Waals surface area (Å²) in [5.41, 5.74) is 0.713. The Balaban J connectivity index is 1.71. The van der Waals surface area contributed by atoms with Crippen LogP contribution in [0.2, 0.25) is 0 Å². The number of likely N-dealkylation sites (tertiary alicyclic amines) is 1. The molecule has 2 heterocycles. The van der Waals surface area contributed by atoms with Crippen LogP contribution in [0.5, 0.6) is 5.75 Å². The minimum absolute atomic E-state index is 0.0247. The fraction of sp³-hybridized carbons (Fsp3) is 0.385. The van der Waals surface area contributed by atoms with Gasteiger partial charge >= 0.3 is 0 Å². The molecule has 190 valence electrons. The van der Waals surface area contributed by atoms with Crippen molar-refractivity contribution in [3.05, 3.63) is 75.3 Å². The van der Waals surface area contributed by atoms with Crippen LogP contribution in [0, 0.1) is 10.1 Å². The minimum Gasteiger partial charge on any atom is -0.507 e. The van der Waals surface area contributed by atoms with Crippen molar-refractivity contribution >= 4 is 23.1 Å². The SMILES string of the molecule is CC(C)Oc1ccc(/C(O)=C2/C(=O)C(=O)N(CCN3CCOCC3)C2c2ccc([N+](=O)[O-])cc2)cc1. The first-order chi connectivity index (χ1) is 17.3. The molecule has 1 unspecified atom stereocenters. The Morgan fingerprint density at radius 2 is 1.72 bits per heavy atom. The van der Waals surface area contributed by atoms with Gasteiger partial charge in [-0.3, -0.25) is 24.6 Å². The molecule has 10 heteroatoms. The van der Waals surface area contributed by atoms with Crippen molar-refractivity contribution in [2.24, 2.45) is 0 Å². The standard InChI is InChI=1S/C26H29N3O7/c1-17(2)36-21-9-5-19(6-10-21)24(30)22-23(18-3-7-20(8-4-18)29(33)34)28(26(32)25(22)31)12-11-27-13-15-35-16-14-27/h3-10,17,23,30H,11-16H2,1-2H3/b24-22-. The van der Waals surface area contributed by atoms with Crippen molar-refractivity contribution in [2.75, 3.05) is 39.4 Å². The van der Waals surface area contributed by atoms with Gasteiger partial charge in [-0.15, -0.1) is 0 Å². The Kier molecular flexibility index (Phi) is 7.66. The predicted octanol–water partition coefficient (Wildman–Crippen LogP) is 3.14. The molecular weight excluding hydrogens is 466 g/mol. The lowest BCUT2D eigenvalue weighted by Gasteiger charge is -2.31. The van der Waals surface area contributed by atoms with Crippen molar-refractivity contribution in [1.29, 1.82) is 0 Å². The molecule has 0 aliphatic carbocycles.